The van der Waals surface area contributed by atoms with Crippen LogP contribution in [0.5, 0.6) is 0 Å². The van der Waals surface area contributed by atoms with Crippen molar-refractivity contribution in [2.24, 2.45) is 5.73 Å². The molecule has 0 aliphatic heterocycles. The van der Waals surface area contributed by atoms with Gasteiger partial charge < -0.3 is 26.0 Å². The minimum atomic E-state index is -5.27. The first-order valence-electron chi connectivity index (χ1n) is 5.17. The van der Waals surface area contributed by atoms with E-state index >= 15 is 0 Å². The van der Waals surface area contributed by atoms with Gasteiger partial charge in [0.1, 0.15) is 12.6 Å². The highest BCUT2D eigenvalue weighted by atomic mass is 19.4. The summed E-state index contributed by atoms with van der Waals surface area (Å²) < 4.78 is 40.1. The number of carboxylic acids is 1. The van der Waals surface area contributed by atoms with Gasteiger partial charge in [0.25, 0.3) is 0 Å². The zero-order valence-electron chi connectivity index (χ0n) is 10.2. The number of aliphatic carboxylic acids is 1. The summed E-state index contributed by atoms with van der Waals surface area (Å²) in [5.41, 5.74) is 5.15. The third-order valence-corrected chi connectivity index (χ3v) is 2.05. The highest BCUT2D eigenvalue weighted by Gasteiger charge is 2.41. The molecule has 116 valence electrons. The number of alkyl halides is 3. The Bertz CT molecular complexity index is 384. The smallest absolute Gasteiger partial charge is 0.471 e. The molecular formula is C9H13F3N2O6. The fraction of sp³-hybridized carbons (Fsp3) is 0.667. The van der Waals surface area contributed by atoms with E-state index in [0.717, 1.165) is 12.2 Å². The summed E-state index contributed by atoms with van der Waals surface area (Å²) >= 11 is 0. The second-order valence-electron chi connectivity index (χ2n) is 3.76. The zero-order valence-corrected chi connectivity index (χ0v) is 10.2. The molecule has 0 aliphatic rings. The molecule has 0 spiro atoms. The van der Waals surface area contributed by atoms with E-state index in [9.17, 15) is 27.6 Å². The molecule has 0 aromatic rings. The third-order valence-electron chi connectivity index (χ3n) is 2.05. The minimum absolute atomic E-state index is 1.06. The lowest BCUT2D eigenvalue weighted by Crippen LogP contribution is -2.50. The predicted octanol–water partition coefficient (Wildman–Crippen LogP) is -1.63. The van der Waals surface area contributed by atoms with E-state index in [1.807, 2.05) is 0 Å². The molecule has 0 rings (SSSR count). The molecular weight excluding hydrogens is 289 g/mol. The molecule has 0 aromatic heterocycles. The standard InChI is InChI=1S/C9H13F3N2O6/c1-3(15)5(13)7(18)20-2-4(6(16)17)14-8(19)9(10,11)12/h3-5,15H,2,13H2,1H3,(H,14,19)(H,16,17)/t3?,4-,5-/m0/s1. The molecule has 0 heterocycles. The number of halogens is 3. The summed E-state index contributed by atoms with van der Waals surface area (Å²) in [6.45, 7) is 0.0996. The maximum absolute atomic E-state index is 11.9. The Labute approximate surface area is 110 Å². The molecule has 0 aliphatic carbocycles. The fourth-order valence-corrected chi connectivity index (χ4v) is 0.873. The van der Waals surface area contributed by atoms with Gasteiger partial charge in [-0.3, -0.25) is 9.59 Å². The molecule has 3 atom stereocenters. The Hall–Kier alpha value is -1.88. The maximum atomic E-state index is 11.9. The zero-order chi connectivity index (χ0) is 16.1. The summed E-state index contributed by atoms with van der Waals surface area (Å²) in [7, 11) is 0. The van der Waals surface area contributed by atoms with Crippen molar-refractivity contribution in [2.45, 2.75) is 31.3 Å². The summed E-state index contributed by atoms with van der Waals surface area (Å²) in [5.74, 6) is -5.53. The van der Waals surface area contributed by atoms with E-state index in [4.69, 9.17) is 15.9 Å². The molecule has 5 N–H and O–H groups in total. The minimum Gasteiger partial charge on any atom is -0.480 e. The van der Waals surface area contributed by atoms with Gasteiger partial charge in [-0.25, -0.2) is 4.79 Å². The lowest BCUT2D eigenvalue weighted by molar-refractivity contribution is -0.176. The van der Waals surface area contributed by atoms with Crippen LogP contribution in [-0.4, -0.2) is 59.0 Å². The lowest BCUT2D eigenvalue weighted by Gasteiger charge is -2.18. The molecule has 0 bridgehead atoms. The van der Waals surface area contributed by atoms with Crippen LogP contribution in [0.3, 0.4) is 0 Å². The van der Waals surface area contributed by atoms with Crippen LogP contribution in [0.25, 0.3) is 0 Å². The quantitative estimate of drug-likeness (QED) is 0.432. The van der Waals surface area contributed by atoms with E-state index < -0.39 is 48.8 Å². The van der Waals surface area contributed by atoms with Gasteiger partial charge in [-0.15, -0.1) is 0 Å². The van der Waals surface area contributed by atoms with Gasteiger partial charge in [-0.1, -0.05) is 0 Å². The predicted molar refractivity (Wildman–Crippen MR) is 56.2 cm³/mol. The largest absolute Gasteiger partial charge is 0.480 e. The number of aliphatic hydroxyl groups excluding tert-OH is 1. The number of carbonyl (C=O) groups is 3. The van der Waals surface area contributed by atoms with E-state index in [-0.39, 0.29) is 0 Å². The second-order valence-corrected chi connectivity index (χ2v) is 3.76. The van der Waals surface area contributed by atoms with Gasteiger partial charge in [0, 0.05) is 0 Å². The number of nitrogens with two attached hydrogens (primary N) is 1. The van der Waals surface area contributed by atoms with Crippen molar-refractivity contribution >= 4 is 17.8 Å². The number of aliphatic hydroxyl groups is 1. The van der Waals surface area contributed by atoms with Crippen LogP contribution in [0.1, 0.15) is 6.92 Å². The maximum Gasteiger partial charge on any atom is 0.471 e. The highest BCUT2D eigenvalue weighted by Crippen LogP contribution is 2.14. The number of ether oxygens (including phenoxy) is 1. The summed E-state index contributed by atoms with van der Waals surface area (Å²) in [6, 6.07) is -3.57. The van der Waals surface area contributed by atoms with Crippen molar-refractivity contribution in [3.63, 3.8) is 0 Å². The second kappa shape index (κ2) is 7.05. The van der Waals surface area contributed by atoms with Crippen LogP contribution in [0.15, 0.2) is 0 Å². The van der Waals surface area contributed by atoms with Crippen LogP contribution in [0, 0.1) is 0 Å². The summed E-state index contributed by atoms with van der Waals surface area (Å²) in [4.78, 5) is 32.3. The van der Waals surface area contributed by atoms with Crippen LogP contribution in [0.2, 0.25) is 0 Å². The molecule has 1 amide bonds. The number of esters is 1. The van der Waals surface area contributed by atoms with Gasteiger partial charge in [-0.05, 0) is 6.92 Å². The number of carboxylic acid groups (broad SMARTS) is 1. The van der Waals surface area contributed by atoms with Crippen molar-refractivity contribution in [1.29, 1.82) is 0 Å². The number of carbonyl (C=O) groups excluding carboxylic acids is 2. The molecule has 0 saturated carbocycles. The van der Waals surface area contributed by atoms with Gasteiger partial charge in [0.2, 0.25) is 0 Å². The molecule has 11 heteroatoms. The van der Waals surface area contributed by atoms with E-state index in [1.165, 1.54) is 0 Å². The van der Waals surface area contributed by atoms with Crippen molar-refractivity contribution in [3.8, 4) is 0 Å². The summed E-state index contributed by atoms with van der Waals surface area (Å²) in [6.07, 6.45) is -6.57. The van der Waals surface area contributed by atoms with E-state index in [0.29, 0.717) is 0 Å². The average molecular weight is 302 g/mol. The van der Waals surface area contributed by atoms with Gasteiger partial charge >= 0.3 is 24.0 Å². The Morgan fingerprint density at radius 1 is 1.35 bits per heavy atom. The average Bonchev–Trinajstić information content (AvgIpc) is 2.30. The number of hydrogen-bond donors (Lipinski definition) is 4. The first-order chi connectivity index (χ1) is 8.96. The highest BCUT2D eigenvalue weighted by molar-refractivity contribution is 5.87. The Morgan fingerprint density at radius 2 is 1.85 bits per heavy atom. The van der Waals surface area contributed by atoms with E-state index in [2.05, 4.69) is 4.74 Å². The van der Waals surface area contributed by atoms with Crippen LogP contribution in [0.4, 0.5) is 13.2 Å². The Morgan fingerprint density at radius 3 is 2.20 bits per heavy atom. The van der Waals surface area contributed by atoms with Crippen molar-refractivity contribution in [1.82, 2.24) is 5.32 Å². The van der Waals surface area contributed by atoms with Crippen molar-refractivity contribution < 1.29 is 42.5 Å². The first-order valence-corrected chi connectivity index (χ1v) is 5.17. The van der Waals surface area contributed by atoms with Crippen molar-refractivity contribution in [3.05, 3.63) is 0 Å². The molecule has 0 fully saturated rings. The molecule has 0 aromatic carbocycles. The van der Waals surface area contributed by atoms with E-state index in [1.54, 1.807) is 0 Å². The normalized spacial score (nSPS) is 15.9. The number of rotatable bonds is 6. The molecule has 8 nitrogen and oxygen atoms in total. The monoisotopic (exact) mass is 302 g/mol. The Balaban J connectivity index is 4.55. The SMILES string of the molecule is CC(O)[C@H](N)C(=O)OC[C@H](NC(=O)C(F)(F)F)C(=O)O. The summed E-state index contributed by atoms with van der Waals surface area (Å²) in [5, 5.41) is 18.7. The fourth-order valence-electron chi connectivity index (χ4n) is 0.873. The molecule has 20 heavy (non-hydrogen) atoms. The van der Waals surface area contributed by atoms with Crippen LogP contribution >= 0.6 is 0 Å². The molecule has 0 saturated heterocycles. The number of hydrogen-bond acceptors (Lipinski definition) is 6. The Kier molecular flexibility index (Phi) is 6.39. The van der Waals surface area contributed by atoms with Crippen molar-refractivity contribution in [2.75, 3.05) is 6.61 Å². The van der Waals surface area contributed by atoms with Crippen LogP contribution < -0.4 is 11.1 Å². The third kappa shape index (κ3) is 5.84. The topological polar surface area (TPSA) is 139 Å². The molecule has 1 unspecified atom stereocenters. The van der Waals surface area contributed by atoms with Gasteiger partial charge in [0.05, 0.1) is 6.10 Å². The van der Waals surface area contributed by atoms with Gasteiger partial charge in [-0.2, -0.15) is 13.2 Å². The van der Waals surface area contributed by atoms with Gasteiger partial charge in [0.15, 0.2) is 6.04 Å². The van der Waals surface area contributed by atoms with Crippen LogP contribution in [-0.2, 0) is 19.1 Å². The number of amides is 1. The first kappa shape index (κ1) is 18.1. The lowest BCUT2D eigenvalue weighted by atomic mass is 10.2. The molecule has 0 radical (unpaired) electrons. The number of nitrogens with one attached hydrogen (secondary N) is 1.